The average Bonchev–Trinajstić information content (AvgIpc) is 2.54. The van der Waals surface area contributed by atoms with Crippen molar-refractivity contribution in [2.75, 3.05) is 25.1 Å². The van der Waals surface area contributed by atoms with Crippen LogP contribution in [0.15, 0.2) is 0 Å². The van der Waals surface area contributed by atoms with E-state index in [2.05, 4.69) is 10.4 Å². The summed E-state index contributed by atoms with van der Waals surface area (Å²) in [5, 5.41) is 6.26. The SMILES string of the molecule is CC(=O)NC12C[P+](NC(=O)COC3CCCCCCCC3)(C1)C2. The van der Waals surface area contributed by atoms with Crippen LogP contribution in [0.5, 0.6) is 0 Å². The first-order valence-electron chi connectivity index (χ1n) is 9.09. The van der Waals surface area contributed by atoms with Crippen LogP contribution in [-0.2, 0) is 14.3 Å². The molecule has 2 bridgehead atoms. The van der Waals surface area contributed by atoms with Gasteiger partial charge in [-0.25, -0.2) is 5.09 Å². The first kappa shape index (κ1) is 17.2. The predicted molar refractivity (Wildman–Crippen MR) is 92.9 cm³/mol. The van der Waals surface area contributed by atoms with Crippen molar-refractivity contribution in [3.05, 3.63) is 0 Å². The summed E-state index contributed by atoms with van der Waals surface area (Å²) in [6.07, 6.45) is 13.1. The number of carbonyl (C=O) groups is 2. The van der Waals surface area contributed by atoms with Gasteiger partial charge in [0.2, 0.25) is 5.91 Å². The second-order valence-electron chi connectivity index (χ2n) is 7.75. The zero-order valence-corrected chi connectivity index (χ0v) is 15.1. The normalized spacial score (nSPS) is 34.1. The van der Waals surface area contributed by atoms with E-state index in [4.69, 9.17) is 4.74 Å². The van der Waals surface area contributed by atoms with Crippen LogP contribution in [0.1, 0.15) is 58.3 Å². The van der Waals surface area contributed by atoms with Crippen LogP contribution in [-0.4, -0.2) is 48.5 Å². The maximum atomic E-state index is 12.2. The predicted octanol–water partition coefficient (Wildman–Crippen LogP) is 2.46. The Hall–Kier alpha value is -0.670. The minimum Gasteiger partial charge on any atom is -0.368 e. The Bertz CT molecular complexity index is 439. The van der Waals surface area contributed by atoms with E-state index in [0.717, 1.165) is 31.3 Å². The molecule has 6 heteroatoms. The molecule has 4 rings (SSSR count). The highest BCUT2D eigenvalue weighted by Gasteiger charge is 2.78. The molecule has 0 radical (unpaired) electrons. The summed E-state index contributed by atoms with van der Waals surface area (Å²) in [7, 11) is -1.26. The zero-order valence-electron chi connectivity index (χ0n) is 14.2. The summed E-state index contributed by atoms with van der Waals surface area (Å²) in [6.45, 7) is 1.77. The second-order valence-corrected chi connectivity index (χ2v) is 11.2. The number of hydrogen-bond donors (Lipinski definition) is 2. The molecule has 0 atom stereocenters. The summed E-state index contributed by atoms with van der Waals surface area (Å²) in [5.74, 6) is 0.0895. The van der Waals surface area contributed by atoms with E-state index in [9.17, 15) is 9.59 Å². The van der Waals surface area contributed by atoms with Crippen molar-refractivity contribution < 1.29 is 14.3 Å². The molecule has 2 N–H and O–H groups in total. The number of carbonyl (C=O) groups excluding carboxylic acids is 2. The molecule has 23 heavy (non-hydrogen) atoms. The van der Waals surface area contributed by atoms with Crippen LogP contribution in [0, 0.1) is 0 Å². The zero-order chi connectivity index (χ0) is 16.3. The quantitative estimate of drug-likeness (QED) is 0.755. The van der Waals surface area contributed by atoms with Gasteiger partial charge in [0.05, 0.1) is 6.10 Å². The van der Waals surface area contributed by atoms with E-state index in [1.165, 1.54) is 38.5 Å². The topological polar surface area (TPSA) is 67.4 Å². The van der Waals surface area contributed by atoms with Gasteiger partial charge in [0.15, 0.2) is 0 Å². The minimum absolute atomic E-state index is 0.0194. The standard InChI is InChI=1S/C17H29N2O3P/c1-14(20)18-17-11-23(12-17,13-17)19-16(21)10-22-15-8-6-4-2-3-5-7-9-15/h15H,2-13H2,1H3,(H-,18,19,20,21)/p+1. The van der Waals surface area contributed by atoms with Crippen LogP contribution in [0.25, 0.3) is 0 Å². The molecular weight excluding hydrogens is 311 g/mol. The van der Waals surface area contributed by atoms with E-state index >= 15 is 0 Å². The summed E-state index contributed by atoms with van der Waals surface area (Å²) in [5.41, 5.74) is 0.0194. The van der Waals surface area contributed by atoms with Crippen molar-refractivity contribution in [2.24, 2.45) is 0 Å². The molecule has 0 aromatic heterocycles. The van der Waals surface area contributed by atoms with Gasteiger partial charge in [-0.05, 0) is 12.8 Å². The van der Waals surface area contributed by atoms with Gasteiger partial charge in [-0.15, -0.1) is 0 Å². The molecular formula is C17H30N2O3P+. The lowest BCUT2D eigenvalue weighted by molar-refractivity contribution is -0.126. The van der Waals surface area contributed by atoms with Crippen LogP contribution < -0.4 is 10.4 Å². The Labute approximate surface area is 139 Å². The molecule has 4 fully saturated rings. The molecule has 0 aromatic carbocycles. The molecule has 1 aliphatic carbocycles. The summed E-state index contributed by atoms with van der Waals surface area (Å²) in [6, 6.07) is 0. The van der Waals surface area contributed by atoms with E-state index in [1.54, 1.807) is 6.92 Å². The van der Waals surface area contributed by atoms with Crippen molar-refractivity contribution in [1.82, 2.24) is 10.4 Å². The smallest absolute Gasteiger partial charge is 0.277 e. The molecule has 130 valence electrons. The van der Waals surface area contributed by atoms with Crippen LogP contribution in [0.4, 0.5) is 0 Å². The Morgan fingerprint density at radius 2 is 1.61 bits per heavy atom. The summed E-state index contributed by atoms with van der Waals surface area (Å²) < 4.78 is 5.89. The Morgan fingerprint density at radius 3 is 2.17 bits per heavy atom. The van der Waals surface area contributed by atoms with Gasteiger partial charge in [0, 0.05) is 6.92 Å². The fraction of sp³-hybridized carbons (Fsp3) is 0.882. The number of nitrogens with one attached hydrogen (secondary N) is 2. The number of hydrogen-bond acceptors (Lipinski definition) is 3. The molecule has 0 spiro atoms. The van der Waals surface area contributed by atoms with E-state index in [-0.39, 0.29) is 30.1 Å². The highest BCUT2D eigenvalue weighted by atomic mass is 31.2. The van der Waals surface area contributed by atoms with Gasteiger partial charge in [0.25, 0.3) is 5.91 Å². The van der Waals surface area contributed by atoms with E-state index in [1.807, 2.05) is 0 Å². The van der Waals surface area contributed by atoms with Crippen molar-refractivity contribution in [1.29, 1.82) is 0 Å². The van der Waals surface area contributed by atoms with Crippen molar-refractivity contribution in [3.8, 4) is 0 Å². The van der Waals surface area contributed by atoms with Crippen LogP contribution in [0.2, 0.25) is 0 Å². The van der Waals surface area contributed by atoms with E-state index in [0.29, 0.717) is 0 Å². The maximum Gasteiger partial charge on any atom is 0.277 e. The van der Waals surface area contributed by atoms with Crippen LogP contribution >= 0.6 is 7.41 Å². The molecule has 5 nitrogen and oxygen atoms in total. The monoisotopic (exact) mass is 341 g/mol. The molecule has 0 unspecified atom stereocenters. The molecule has 2 amide bonds. The third-order valence-electron chi connectivity index (χ3n) is 5.37. The molecule has 3 saturated heterocycles. The third-order valence-corrected chi connectivity index (χ3v) is 9.73. The summed E-state index contributed by atoms with van der Waals surface area (Å²) in [4.78, 5) is 23.3. The Balaban J connectivity index is 1.35. The van der Waals surface area contributed by atoms with Gasteiger partial charge in [-0.3, -0.25) is 9.59 Å². The van der Waals surface area contributed by atoms with Crippen molar-refractivity contribution in [3.63, 3.8) is 0 Å². The largest absolute Gasteiger partial charge is 0.368 e. The number of amides is 2. The second kappa shape index (κ2) is 7.06. The van der Waals surface area contributed by atoms with Gasteiger partial charge in [0.1, 0.15) is 38.0 Å². The minimum atomic E-state index is -1.26. The molecule has 1 saturated carbocycles. The molecule has 3 heterocycles. The highest BCUT2D eigenvalue weighted by Crippen LogP contribution is 2.79. The highest BCUT2D eigenvalue weighted by molar-refractivity contribution is 7.79. The lowest BCUT2D eigenvalue weighted by Gasteiger charge is -2.61. The Kier molecular flexibility index (Phi) is 5.27. The fourth-order valence-electron chi connectivity index (χ4n) is 4.46. The number of rotatable bonds is 5. The van der Waals surface area contributed by atoms with Gasteiger partial charge < -0.3 is 10.1 Å². The van der Waals surface area contributed by atoms with Gasteiger partial charge in [-0.1, -0.05) is 38.5 Å². The van der Waals surface area contributed by atoms with Crippen LogP contribution in [0.3, 0.4) is 0 Å². The van der Waals surface area contributed by atoms with Crippen molar-refractivity contribution in [2.45, 2.75) is 69.9 Å². The maximum absolute atomic E-state index is 12.2. The fourth-order valence-corrected chi connectivity index (χ4v) is 8.73. The van der Waals surface area contributed by atoms with Gasteiger partial charge >= 0.3 is 0 Å². The van der Waals surface area contributed by atoms with Gasteiger partial charge in [-0.2, -0.15) is 0 Å². The lowest BCUT2D eigenvalue weighted by atomic mass is 10.1. The first-order chi connectivity index (χ1) is 11.0. The van der Waals surface area contributed by atoms with E-state index < -0.39 is 7.41 Å². The number of ether oxygens (including phenoxy) is 1. The third kappa shape index (κ3) is 4.24. The Morgan fingerprint density at radius 1 is 1.04 bits per heavy atom. The summed E-state index contributed by atoms with van der Waals surface area (Å²) >= 11 is 0. The first-order valence-corrected chi connectivity index (χ1v) is 11.4. The molecule has 3 aliphatic heterocycles. The van der Waals surface area contributed by atoms with Crippen molar-refractivity contribution >= 4 is 19.2 Å². The molecule has 4 aliphatic rings. The molecule has 0 aromatic rings. The lowest BCUT2D eigenvalue weighted by Crippen LogP contribution is -2.77. The average molecular weight is 341 g/mol.